The summed E-state index contributed by atoms with van der Waals surface area (Å²) < 4.78 is 47.7. The maximum absolute atomic E-state index is 12.5. The molecule has 1 saturated heterocycles. The number of nitrogens with zero attached hydrogens (tertiary/aromatic N) is 2. The van der Waals surface area contributed by atoms with Crippen LogP contribution in [0.3, 0.4) is 0 Å². The molecule has 152 valence electrons. The Bertz CT molecular complexity index is 1050. The van der Waals surface area contributed by atoms with Gasteiger partial charge in [0.05, 0.1) is 28.9 Å². The molecule has 4 rings (SSSR count). The summed E-state index contributed by atoms with van der Waals surface area (Å²) in [6.45, 7) is 0.871. The number of hydrogen-bond donors (Lipinski definition) is 1. The summed E-state index contributed by atoms with van der Waals surface area (Å²) in [4.78, 5) is 18.9. The molecule has 0 radical (unpaired) electrons. The van der Waals surface area contributed by atoms with Crippen LogP contribution in [-0.2, 0) is 4.79 Å². The van der Waals surface area contributed by atoms with Crippen molar-refractivity contribution in [3.63, 3.8) is 0 Å². The average Bonchev–Trinajstić information content (AvgIpc) is 3.03. The van der Waals surface area contributed by atoms with Crippen molar-refractivity contribution in [3.05, 3.63) is 42.5 Å². The van der Waals surface area contributed by atoms with E-state index < -0.39 is 12.1 Å². The number of hydrogen-bond acceptors (Lipinski definition) is 6. The van der Waals surface area contributed by atoms with E-state index in [2.05, 4.69) is 15.0 Å². The summed E-state index contributed by atoms with van der Waals surface area (Å²) in [5.41, 5.74) is 0.831. The largest absolute Gasteiger partial charge is 0.573 e. The fourth-order valence-corrected chi connectivity index (χ4v) is 3.99. The van der Waals surface area contributed by atoms with Gasteiger partial charge in [-0.25, -0.2) is 4.98 Å². The third-order valence-corrected chi connectivity index (χ3v) is 5.56. The molecule has 1 aliphatic heterocycles. The highest BCUT2D eigenvalue weighted by molar-refractivity contribution is 7.22. The molecular formula is C19H16F3N3O3S. The predicted molar refractivity (Wildman–Crippen MR) is 104 cm³/mol. The van der Waals surface area contributed by atoms with Gasteiger partial charge in [-0.2, -0.15) is 0 Å². The second-order valence-corrected chi connectivity index (χ2v) is 7.47. The van der Waals surface area contributed by atoms with Crippen LogP contribution in [0.5, 0.6) is 11.5 Å². The SMILES string of the molecule is COc1ccc2nc(N3CC(C(=O)Nc4ccccc4OC(F)(F)F)C3)sc2c1. The monoisotopic (exact) mass is 423 g/mol. The number of para-hydroxylation sites is 2. The highest BCUT2D eigenvalue weighted by Gasteiger charge is 2.36. The molecule has 0 unspecified atom stereocenters. The Kier molecular flexibility index (Phi) is 4.95. The fraction of sp³-hybridized carbons (Fsp3) is 0.263. The number of ether oxygens (including phenoxy) is 2. The summed E-state index contributed by atoms with van der Waals surface area (Å²) in [7, 11) is 1.60. The van der Waals surface area contributed by atoms with E-state index in [9.17, 15) is 18.0 Å². The van der Waals surface area contributed by atoms with Crippen LogP contribution in [0.4, 0.5) is 24.0 Å². The molecule has 6 nitrogen and oxygen atoms in total. The molecule has 0 bridgehead atoms. The van der Waals surface area contributed by atoms with Crippen LogP contribution in [0.2, 0.25) is 0 Å². The van der Waals surface area contributed by atoms with E-state index in [0.717, 1.165) is 27.2 Å². The lowest BCUT2D eigenvalue weighted by atomic mass is 10.00. The molecule has 29 heavy (non-hydrogen) atoms. The molecule has 0 saturated carbocycles. The molecule has 1 fully saturated rings. The highest BCUT2D eigenvalue weighted by atomic mass is 32.1. The van der Waals surface area contributed by atoms with E-state index in [-0.39, 0.29) is 17.5 Å². The van der Waals surface area contributed by atoms with Gasteiger partial charge in [-0.05, 0) is 30.3 Å². The van der Waals surface area contributed by atoms with E-state index >= 15 is 0 Å². The number of aromatic nitrogens is 1. The molecule has 1 aromatic heterocycles. The quantitative estimate of drug-likeness (QED) is 0.664. The minimum Gasteiger partial charge on any atom is -0.497 e. The van der Waals surface area contributed by atoms with Crippen molar-refractivity contribution in [1.29, 1.82) is 0 Å². The number of halogens is 3. The van der Waals surface area contributed by atoms with Crippen molar-refractivity contribution in [2.45, 2.75) is 6.36 Å². The number of carbonyl (C=O) groups excluding carboxylic acids is 1. The maximum atomic E-state index is 12.5. The third kappa shape index (κ3) is 4.21. The lowest BCUT2D eigenvalue weighted by Crippen LogP contribution is -2.52. The van der Waals surface area contributed by atoms with Gasteiger partial charge in [0.1, 0.15) is 5.75 Å². The third-order valence-electron chi connectivity index (χ3n) is 4.48. The first-order valence-corrected chi connectivity index (χ1v) is 9.49. The first-order valence-electron chi connectivity index (χ1n) is 8.67. The highest BCUT2D eigenvalue weighted by Crippen LogP contribution is 2.35. The van der Waals surface area contributed by atoms with Crippen LogP contribution in [-0.4, -0.2) is 37.5 Å². The van der Waals surface area contributed by atoms with Gasteiger partial charge in [0.25, 0.3) is 0 Å². The Hall–Kier alpha value is -3.01. The standard InChI is InChI=1S/C19H16F3N3O3S/c1-27-12-6-7-14-16(8-12)29-18(24-14)25-9-11(10-25)17(26)23-13-4-2-3-5-15(13)28-19(20,21)22/h2-8,11H,9-10H2,1H3,(H,23,26). The average molecular weight is 423 g/mol. The number of carbonyl (C=O) groups is 1. The van der Waals surface area contributed by atoms with Gasteiger partial charge in [-0.1, -0.05) is 23.5 Å². The van der Waals surface area contributed by atoms with Crippen molar-refractivity contribution in [3.8, 4) is 11.5 Å². The Labute approximate surface area is 167 Å². The summed E-state index contributed by atoms with van der Waals surface area (Å²) in [5.74, 6) is -0.407. The Balaban J connectivity index is 1.40. The molecule has 1 amide bonds. The van der Waals surface area contributed by atoms with Crippen molar-refractivity contribution in [2.75, 3.05) is 30.4 Å². The number of amides is 1. The molecule has 0 spiro atoms. The normalized spacial score (nSPS) is 14.6. The zero-order valence-corrected chi connectivity index (χ0v) is 16.0. The number of thiazole rings is 1. The molecule has 1 N–H and O–H groups in total. The zero-order chi connectivity index (χ0) is 20.6. The summed E-state index contributed by atoms with van der Waals surface area (Å²) in [6, 6.07) is 11.1. The topological polar surface area (TPSA) is 63.7 Å². The zero-order valence-electron chi connectivity index (χ0n) is 15.2. The molecule has 2 heterocycles. The lowest BCUT2D eigenvalue weighted by Gasteiger charge is -2.38. The predicted octanol–water partition coefficient (Wildman–Crippen LogP) is 4.28. The van der Waals surface area contributed by atoms with E-state index in [1.54, 1.807) is 7.11 Å². The number of benzene rings is 2. The number of rotatable bonds is 5. The Morgan fingerprint density at radius 3 is 2.72 bits per heavy atom. The molecular weight excluding hydrogens is 407 g/mol. The van der Waals surface area contributed by atoms with Crippen molar-refractivity contribution in [1.82, 2.24) is 4.98 Å². The van der Waals surface area contributed by atoms with Gasteiger partial charge in [0, 0.05) is 13.1 Å². The van der Waals surface area contributed by atoms with E-state index in [0.29, 0.717) is 13.1 Å². The smallest absolute Gasteiger partial charge is 0.497 e. The maximum Gasteiger partial charge on any atom is 0.573 e. The summed E-state index contributed by atoms with van der Waals surface area (Å²) in [6.07, 6.45) is -4.83. The van der Waals surface area contributed by atoms with Crippen LogP contribution in [0.15, 0.2) is 42.5 Å². The van der Waals surface area contributed by atoms with Crippen molar-refractivity contribution in [2.24, 2.45) is 5.92 Å². The van der Waals surface area contributed by atoms with Gasteiger partial charge < -0.3 is 19.7 Å². The molecule has 1 aliphatic rings. The first kappa shape index (κ1) is 19.3. The van der Waals surface area contributed by atoms with Gasteiger partial charge in [-0.15, -0.1) is 13.2 Å². The molecule has 10 heteroatoms. The van der Waals surface area contributed by atoms with Crippen LogP contribution in [0.25, 0.3) is 10.2 Å². The fourth-order valence-electron chi connectivity index (χ4n) is 2.97. The Morgan fingerprint density at radius 2 is 2.00 bits per heavy atom. The van der Waals surface area contributed by atoms with Crippen LogP contribution in [0.1, 0.15) is 0 Å². The lowest BCUT2D eigenvalue weighted by molar-refractivity contribution is -0.274. The van der Waals surface area contributed by atoms with Gasteiger partial charge >= 0.3 is 6.36 Å². The number of nitrogens with one attached hydrogen (secondary N) is 1. The molecule has 3 aromatic rings. The van der Waals surface area contributed by atoms with Crippen molar-refractivity contribution >= 4 is 38.3 Å². The number of methoxy groups -OCH3 is 1. The second kappa shape index (κ2) is 7.43. The van der Waals surface area contributed by atoms with Gasteiger partial charge in [0.15, 0.2) is 10.9 Å². The number of anilines is 2. The first-order chi connectivity index (χ1) is 13.8. The van der Waals surface area contributed by atoms with E-state index in [1.807, 2.05) is 23.1 Å². The van der Waals surface area contributed by atoms with E-state index in [1.165, 1.54) is 29.5 Å². The molecule has 2 aromatic carbocycles. The Morgan fingerprint density at radius 1 is 1.24 bits per heavy atom. The summed E-state index contributed by atoms with van der Waals surface area (Å²) in [5, 5.41) is 3.31. The van der Waals surface area contributed by atoms with Gasteiger partial charge in [0.2, 0.25) is 5.91 Å². The molecule has 0 atom stereocenters. The van der Waals surface area contributed by atoms with Crippen LogP contribution < -0.4 is 19.7 Å². The van der Waals surface area contributed by atoms with Crippen molar-refractivity contribution < 1.29 is 27.4 Å². The van der Waals surface area contributed by atoms with Crippen LogP contribution in [0, 0.1) is 5.92 Å². The summed E-state index contributed by atoms with van der Waals surface area (Å²) >= 11 is 1.50. The van der Waals surface area contributed by atoms with Crippen LogP contribution >= 0.6 is 11.3 Å². The molecule has 0 aliphatic carbocycles. The second-order valence-electron chi connectivity index (χ2n) is 6.47. The number of fused-ring (bicyclic) bond motifs is 1. The number of alkyl halides is 3. The van der Waals surface area contributed by atoms with E-state index in [4.69, 9.17) is 4.74 Å². The minimum atomic E-state index is -4.83. The van der Waals surface area contributed by atoms with Gasteiger partial charge in [-0.3, -0.25) is 4.79 Å². The minimum absolute atomic E-state index is 0.0136.